The summed E-state index contributed by atoms with van der Waals surface area (Å²) >= 11 is 0. The number of aromatic amines is 1. The molecule has 7 nitrogen and oxygen atoms in total. The molecule has 0 saturated heterocycles. The Balaban J connectivity index is 1.82. The van der Waals surface area contributed by atoms with Crippen LogP contribution in [0.5, 0.6) is 0 Å². The Kier molecular flexibility index (Phi) is 4.77. The van der Waals surface area contributed by atoms with Crippen molar-refractivity contribution in [3.8, 4) is 0 Å². The first kappa shape index (κ1) is 15.6. The molecule has 0 radical (unpaired) electrons. The number of H-pyrrole nitrogens is 1. The number of Topliss-reactive ketones (excluding diaryl/α,β-unsaturated/α-hetero) is 1. The molecule has 1 amide bonds. The number of furan rings is 1. The summed E-state index contributed by atoms with van der Waals surface area (Å²) in [6.07, 6.45) is 2.92. The predicted octanol–water partition coefficient (Wildman–Crippen LogP) is 1.84. The fourth-order valence-corrected chi connectivity index (χ4v) is 1.82. The molecule has 0 aliphatic rings. The van der Waals surface area contributed by atoms with Crippen LogP contribution in [-0.2, 0) is 9.53 Å². The third-order valence-corrected chi connectivity index (χ3v) is 2.99. The molecule has 2 N–H and O–H groups in total. The number of carbonyl (C=O) groups is 3. The molecule has 116 valence electrons. The summed E-state index contributed by atoms with van der Waals surface area (Å²) < 4.78 is 10.0. The van der Waals surface area contributed by atoms with Gasteiger partial charge in [0.2, 0.25) is 0 Å². The van der Waals surface area contributed by atoms with Crippen LogP contribution in [0.1, 0.15) is 46.5 Å². The van der Waals surface area contributed by atoms with Crippen molar-refractivity contribution in [2.45, 2.75) is 19.9 Å². The van der Waals surface area contributed by atoms with Gasteiger partial charge in [-0.1, -0.05) is 0 Å². The minimum atomic E-state index is -0.701. The first-order valence-corrected chi connectivity index (χ1v) is 6.66. The van der Waals surface area contributed by atoms with Crippen LogP contribution >= 0.6 is 0 Å². The summed E-state index contributed by atoms with van der Waals surface area (Å²) in [7, 11) is 0. The fourth-order valence-electron chi connectivity index (χ4n) is 1.82. The minimum Gasteiger partial charge on any atom is -0.467 e. The van der Waals surface area contributed by atoms with Gasteiger partial charge in [-0.05, 0) is 32.0 Å². The number of nitrogens with one attached hydrogen (secondary N) is 2. The molecule has 0 saturated carbocycles. The van der Waals surface area contributed by atoms with Gasteiger partial charge in [-0.2, -0.15) is 0 Å². The zero-order chi connectivity index (χ0) is 16.1. The standard InChI is InChI=1S/C15H16N2O5/c1-9(13-4-3-5-21-13)17-14(19)8-22-15(20)12-6-11(7-16-12)10(2)18/h3-7,9,16H,8H2,1-2H3,(H,17,19)/t9-/m1/s1. The van der Waals surface area contributed by atoms with Gasteiger partial charge in [-0.3, -0.25) is 9.59 Å². The quantitative estimate of drug-likeness (QED) is 0.626. The number of aromatic nitrogens is 1. The molecule has 0 fully saturated rings. The highest BCUT2D eigenvalue weighted by atomic mass is 16.5. The topological polar surface area (TPSA) is 101 Å². The first-order valence-electron chi connectivity index (χ1n) is 6.66. The van der Waals surface area contributed by atoms with Gasteiger partial charge in [0, 0.05) is 11.8 Å². The average molecular weight is 304 g/mol. The second kappa shape index (κ2) is 6.75. The molecule has 0 aliphatic carbocycles. The van der Waals surface area contributed by atoms with Gasteiger partial charge in [0.05, 0.1) is 12.3 Å². The van der Waals surface area contributed by atoms with Crippen LogP contribution in [0.15, 0.2) is 35.1 Å². The molecule has 2 heterocycles. The van der Waals surface area contributed by atoms with Gasteiger partial charge in [0.1, 0.15) is 11.5 Å². The van der Waals surface area contributed by atoms with Crippen molar-refractivity contribution in [1.29, 1.82) is 0 Å². The van der Waals surface area contributed by atoms with Crippen molar-refractivity contribution >= 4 is 17.7 Å². The Morgan fingerprint density at radius 2 is 2.18 bits per heavy atom. The van der Waals surface area contributed by atoms with Gasteiger partial charge in [0.15, 0.2) is 12.4 Å². The molecule has 2 aromatic rings. The van der Waals surface area contributed by atoms with E-state index in [4.69, 9.17) is 9.15 Å². The Labute approximate surface area is 126 Å². The van der Waals surface area contributed by atoms with Crippen molar-refractivity contribution in [3.05, 3.63) is 47.7 Å². The molecule has 1 atom stereocenters. The van der Waals surface area contributed by atoms with Crippen LogP contribution in [0, 0.1) is 0 Å². The molecule has 22 heavy (non-hydrogen) atoms. The van der Waals surface area contributed by atoms with Crippen LogP contribution in [0.25, 0.3) is 0 Å². The molecule has 0 unspecified atom stereocenters. The van der Waals surface area contributed by atoms with E-state index in [9.17, 15) is 14.4 Å². The third kappa shape index (κ3) is 3.85. The number of ether oxygens (including phenoxy) is 1. The van der Waals surface area contributed by atoms with Gasteiger partial charge >= 0.3 is 5.97 Å². The smallest absolute Gasteiger partial charge is 0.355 e. The maximum absolute atomic E-state index is 11.7. The van der Waals surface area contributed by atoms with E-state index in [1.54, 1.807) is 19.1 Å². The van der Waals surface area contributed by atoms with E-state index in [2.05, 4.69) is 10.3 Å². The summed E-state index contributed by atoms with van der Waals surface area (Å²) in [5.41, 5.74) is 0.500. The Morgan fingerprint density at radius 1 is 1.41 bits per heavy atom. The summed E-state index contributed by atoms with van der Waals surface area (Å²) in [4.78, 5) is 37.2. The lowest BCUT2D eigenvalue weighted by Gasteiger charge is -2.11. The second-order valence-electron chi connectivity index (χ2n) is 4.74. The highest BCUT2D eigenvalue weighted by molar-refractivity contribution is 5.97. The average Bonchev–Trinajstić information content (AvgIpc) is 3.15. The third-order valence-electron chi connectivity index (χ3n) is 2.99. The maximum atomic E-state index is 11.7. The fraction of sp³-hybridized carbons (Fsp3) is 0.267. The summed E-state index contributed by atoms with van der Waals surface area (Å²) in [5.74, 6) is -0.709. The van der Waals surface area contributed by atoms with Crippen molar-refractivity contribution < 1.29 is 23.5 Å². The number of rotatable bonds is 6. The van der Waals surface area contributed by atoms with Gasteiger partial charge in [-0.15, -0.1) is 0 Å². The highest BCUT2D eigenvalue weighted by Gasteiger charge is 2.16. The monoisotopic (exact) mass is 304 g/mol. The highest BCUT2D eigenvalue weighted by Crippen LogP contribution is 2.12. The molecule has 0 aliphatic heterocycles. The Hall–Kier alpha value is -2.83. The molecule has 2 rings (SSSR count). The largest absolute Gasteiger partial charge is 0.467 e. The number of carbonyl (C=O) groups excluding carboxylic acids is 3. The number of ketones is 1. The molecular weight excluding hydrogens is 288 g/mol. The zero-order valence-electron chi connectivity index (χ0n) is 12.2. The molecule has 0 aromatic carbocycles. The van der Waals surface area contributed by atoms with E-state index in [1.807, 2.05) is 0 Å². The SMILES string of the molecule is CC(=O)c1c[nH]c(C(=O)OCC(=O)N[C@H](C)c2ccco2)c1. The van der Waals surface area contributed by atoms with E-state index in [0.29, 0.717) is 11.3 Å². The summed E-state index contributed by atoms with van der Waals surface area (Å²) in [5, 5.41) is 2.64. The predicted molar refractivity (Wildman–Crippen MR) is 76.3 cm³/mol. The number of amides is 1. The number of hydrogen-bond donors (Lipinski definition) is 2. The summed E-state index contributed by atoms with van der Waals surface area (Å²) in [6.45, 7) is 2.72. The van der Waals surface area contributed by atoms with E-state index < -0.39 is 18.5 Å². The maximum Gasteiger partial charge on any atom is 0.355 e. The van der Waals surface area contributed by atoms with Gasteiger partial charge in [-0.25, -0.2) is 4.79 Å². The van der Waals surface area contributed by atoms with E-state index in [0.717, 1.165) is 0 Å². The number of esters is 1. The minimum absolute atomic E-state index is 0.122. The van der Waals surface area contributed by atoms with Crippen molar-refractivity contribution in [1.82, 2.24) is 10.3 Å². The normalized spacial score (nSPS) is 11.7. The van der Waals surface area contributed by atoms with Gasteiger partial charge < -0.3 is 19.5 Å². The Morgan fingerprint density at radius 3 is 2.77 bits per heavy atom. The van der Waals surface area contributed by atoms with Crippen molar-refractivity contribution in [2.75, 3.05) is 6.61 Å². The van der Waals surface area contributed by atoms with Crippen LogP contribution in [0.4, 0.5) is 0 Å². The van der Waals surface area contributed by atoms with Gasteiger partial charge in [0.25, 0.3) is 5.91 Å². The van der Waals surface area contributed by atoms with E-state index in [-0.39, 0.29) is 17.5 Å². The summed E-state index contributed by atoms with van der Waals surface area (Å²) in [6, 6.07) is 4.51. The van der Waals surface area contributed by atoms with Crippen LogP contribution in [-0.4, -0.2) is 29.3 Å². The van der Waals surface area contributed by atoms with E-state index >= 15 is 0 Å². The lowest BCUT2D eigenvalue weighted by atomic mass is 10.2. The molecule has 0 bridgehead atoms. The zero-order valence-corrected chi connectivity index (χ0v) is 12.2. The Bertz CT molecular complexity index is 672. The lowest BCUT2D eigenvalue weighted by molar-refractivity contribution is -0.125. The second-order valence-corrected chi connectivity index (χ2v) is 4.74. The van der Waals surface area contributed by atoms with Crippen molar-refractivity contribution in [2.24, 2.45) is 0 Å². The molecule has 0 spiro atoms. The number of hydrogen-bond acceptors (Lipinski definition) is 5. The van der Waals surface area contributed by atoms with Crippen LogP contribution in [0.2, 0.25) is 0 Å². The van der Waals surface area contributed by atoms with Crippen LogP contribution < -0.4 is 5.32 Å². The first-order chi connectivity index (χ1) is 10.5. The van der Waals surface area contributed by atoms with Crippen LogP contribution in [0.3, 0.4) is 0 Å². The van der Waals surface area contributed by atoms with Crippen molar-refractivity contribution in [3.63, 3.8) is 0 Å². The van der Waals surface area contributed by atoms with E-state index in [1.165, 1.54) is 25.5 Å². The molecule has 7 heteroatoms. The molecular formula is C15H16N2O5. The molecule has 2 aromatic heterocycles. The lowest BCUT2D eigenvalue weighted by Crippen LogP contribution is -2.31.